The molecule has 5 heteroatoms. The molecular weight excluding hydrogens is 244 g/mol. The number of nitro benzene ring substituents is 1. The van der Waals surface area contributed by atoms with Crippen molar-refractivity contribution in [3.05, 3.63) is 39.9 Å². The molecule has 1 rings (SSSR count). The molecule has 0 saturated carbocycles. The number of unbranched alkanes of at least 4 members (excludes halogenated alkanes) is 3. The molecule has 5 nitrogen and oxygen atoms in total. The topological polar surface area (TPSA) is 75.4 Å². The van der Waals surface area contributed by atoms with Crippen LogP contribution in [0.25, 0.3) is 0 Å². The molecule has 0 aliphatic heterocycles. The van der Waals surface area contributed by atoms with E-state index in [0.717, 1.165) is 44.3 Å². The summed E-state index contributed by atoms with van der Waals surface area (Å²) in [7, 11) is 0. The fourth-order valence-corrected chi connectivity index (χ4v) is 1.96. The van der Waals surface area contributed by atoms with Gasteiger partial charge < -0.3 is 10.4 Å². The second kappa shape index (κ2) is 9.47. The number of aliphatic hydroxyl groups excluding tert-OH is 1. The van der Waals surface area contributed by atoms with E-state index in [0.29, 0.717) is 6.42 Å². The summed E-state index contributed by atoms with van der Waals surface area (Å²) in [5.74, 6) is 0. The molecule has 0 bridgehead atoms. The number of nitro groups is 1. The van der Waals surface area contributed by atoms with Crippen LogP contribution in [0, 0.1) is 10.1 Å². The third-order valence-electron chi connectivity index (χ3n) is 3.02. The van der Waals surface area contributed by atoms with Crippen LogP contribution in [0.5, 0.6) is 0 Å². The fraction of sp³-hybridized carbons (Fsp3) is 0.571. The summed E-state index contributed by atoms with van der Waals surface area (Å²) < 4.78 is 0. The zero-order valence-electron chi connectivity index (χ0n) is 11.2. The molecule has 0 radical (unpaired) electrons. The van der Waals surface area contributed by atoms with E-state index < -0.39 is 0 Å². The van der Waals surface area contributed by atoms with Gasteiger partial charge >= 0.3 is 0 Å². The SMILES string of the molecule is O=[N+]([O-])c1ccccc1CCNCCCCCCO. The van der Waals surface area contributed by atoms with Gasteiger partial charge in [0.1, 0.15) is 0 Å². The molecule has 1 aromatic rings. The van der Waals surface area contributed by atoms with Gasteiger partial charge in [-0.1, -0.05) is 31.0 Å². The Bertz CT molecular complexity index is 383. The van der Waals surface area contributed by atoms with E-state index in [1.165, 1.54) is 0 Å². The molecule has 19 heavy (non-hydrogen) atoms. The molecule has 0 amide bonds. The van der Waals surface area contributed by atoms with E-state index in [-0.39, 0.29) is 17.2 Å². The fourth-order valence-electron chi connectivity index (χ4n) is 1.96. The van der Waals surface area contributed by atoms with Crippen LogP contribution >= 0.6 is 0 Å². The van der Waals surface area contributed by atoms with E-state index in [4.69, 9.17) is 5.11 Å². The molecule has 2 N–H and O–H groups in total. The summed E-state index contributed by atoms with van der Waals surface area (Å²) in [6.07, 6.45) is 4.79. The first kappa shape index (κ1) is 15.6. The largest absolute Gasteiger partial charge is 0.396 e. The number of hydrogen-bond donors (Lipinski definition) is 2. The standard InChI is InChI=1S/C14H22N2O3/c17-12-6-2-1-5-10-15-11-9-13-7-3-4-8-14(13)16(18)19/h3-4,7-8,15,17H,1-2,5-6,9-12H2. The average molecular weight is 266 g/mol. The molecule has 1 aromatic carbocycles. The van der Waals surface area contributed by atoms with Crippen LogP contribution in [0.1, 0.15) is 31.2 Å². The maximum absolute atomic E-state index is 10.8. The molecule has 0 saturated heterocycles. The predicted molar refractivity (Wildman–Crippen MR) is 75.2 cm³/mol. The zero-order chi connectivity index (χ0) is 13.9. The van der Waals surface area contributed by atoms with Crippen LogP contribution in [0.15, 0.2) is 24.3 Å². The lowest BCUT2D eigenvalue weighted by Crippen LogP contribution is -2.18. The minimum absolute atomic E-state index is 0.201. The van der Waals surface area contributed by atoms with Gasteiger partial charge in [-0.3, -0.25) is 10.1 Å². The van der Waals surface area contributed by atoms with Gasteiger partial charge in [0, 0.05) is 18.2 Å². The zero-order valence-corrected chi connectivity index (χ0v) is 11.2. The van der Waals surface area contributed by atoms with Crippen LogP contribution in [-0.4, -0.2) is 29.7 Å². The second-order valence-electron chi connectivity index (χ2n) is 4.52. The second-order valence-corrected chi connectivity index (χ2v) is 4.52. The molecule has 0 spiro atoms. The Morgan fingerprint density at radius 2 is 1.84 bits per heavy atom. The van der Waals surface area contributed by atoms with Crippen LogP contribution in [0.4, 0.5) is 5.69 Å². The number of hydrogen-bond acceptors (Lipinski definition) is 4. The minimum atomic E-state index is -0.329. The summed E-state index contributed by atoms with van der Waals surface area (Å²) in [6, 6.07) is 6.87. The molecular formula is C14H22N2O3. The molecule has 0 heterocycles. The number of nitrogens with one attached hydrogen (secondary N) is 1. The van der Waals surface area contributed by atoms with Crippen LogP contribution in [-0.2, 0) is 6.42 Å². The highest BCUT2D eigenvalue weighted by Gasteiger charge is 2.10. The van der Waals surface area contributed by atoms with Gasteiger partial charge in [0.15, 0.2) is 0 Å². The summed E-state index contributed by atoms with van der Waals surface area (Å²) in [5.41, 5.74) is 0.979. The lowest BCUT2D eigenvalue weighted by molar-refractivity contribution is -0.385. The first-order valence-electron chi connectivity index (χ1n) is 6.79. The Labute approximate surface area is 113 Å². The smallest absolute Gasteiger partial charge is 0.272 e. The van der Waals surface area contributed by atoms with E-state index in [1.807, 2.05) is 6.07 Å². The number of aliphatic hydroxyl groups is 1. The quantitative estimate of drug-likeness (QED) is 0.387. The number of benzene rings is 1. The first-order chi connectivity index (χ1) is 9.25. The first-order valence-corrected chi connectivity index (χ1v) is 6.79. The number of rotatable bonds is 10. The van der Waals surface area contributed by atoms with E-state index in [2.05, 4.69) is 5.32 Å². The molecule has 0 atom stereocenters. The summed E-state index contributed by atoms with van der Waals surface area (Å²) in [4.78, 5) is 10.5. The van der Waals surface area contributed by atoms with Crippen molar-refractivity contribution in [3.8, 4) is 0 Å². The highest BCUT2D eigenvalue weighted by Crippen LogP contribution is 2.17. The van der Waals surface area contributed by atoms with Gasteiger partial charge in [-0.25, -0.2) is 0 Å². The molecule has 0 fully saturated rings. The maximum Gasteiger partial charge on any atom is 0.272 e. The Kier molecular flexibility index (Phi) is 7.77. The lowest BCUT2D eigenvalue weighted by Gasteiger charge is -2.05. The minimum Gasteiger partial charge on any atom is -0.396 e. The van der Waals surface area contributed by atoms with Gasteiger partial charge in [0.25, 0.3) is 5.69 Å². The summed E-state index contributed by atoms with van der Waals surface area (Å²) in [5, 5.41) is 22.7. The summed E-state index contributed by atoms with van der Waals surface area (Å²) in [6.45, 7) is 1.95. The summed E-state index contributed by atoms with van der Waals surface area (Å²) >= 11 is 0. The van der Waals surface area contributed by atoms with Gasteiger partial charge in [-0.15, -0.1) is 0 Å². The molecule has 0 aliphatic rings. The average Bonchev–Trinajstić information content (AvgIpc) is 2.42. The van der Waals surface area contributed by atoms with Gasteiger partial charge in [-0.05, 0) is 32.4 Å². The molecule has 0 unspecified atom stereocenters. The van der Waals surface area contributed by atoms with Crippen molar-refractivity contribution in [1.29, 1.82) is 0 Å². The number of para-hydroxylation sites is 1. The van der Waals surface area contributed by atoms with Crippen molar-refractivity contribution >= 4 is 5.69 Å². The van der Waals surface area contributed by atoms with E-state index in [9.17, 15) is 10.1 Å². The van der Waals surface area contributed by atoms with Crippen LogP contribution in [0.3, 0.4) is 0 Å². The third-order valence-corrected chi connectivity index (χ3v) is 3.02. The maximum atomic E-state index is 10.8. The molecule has 106 valence electrons. The van der Waals surface area contributed by atoms with Crippen molar-refractivity contribution in [2.45, 2.75) is 32.1 Å². The Balaban J connectivity index is 2.17. The monoisotopic (exact) mass is 266 g/mol. The van der Waals surface area contributed by atoms with Gasteiger partial charge in [-0.2, -0.15) is 0 Å². The van der Waals surface area contributed by atoms with Crippen molar-refractivity contribution in [2.75, 3.05) is 19.7 Å². The van der Waals surface area contributed by atoms with Crippen molar-refractivity contribution in [1.82, 2.24) is 5.32 Å². The van der Waals surface area contributed by atoms with Crippen molar-refractivity contribution in [2.24, 2.45) is 0 Å². The Hall–Kier alpha value is -1.46. The third kappa shape index (κ3) is 6.31. The molecule has 0 aromatic heterocycles. The van der Waals surface area contributed by atoms with Crippen molar-refractivity contribution in [3.63, 3.8) is 0 Å². The highest BCUT2D eigenvalue weighted by atomic mass is 16.6. The van der Waals surface area contributed by atoms with Crippen molar-refractivity contribution < 1.29 is 10.0 Å². The predicted octanol–water partition coefficient (Wildman–Crippen LogP) is 2.28. The van der Waals surface area contributed by atoms with Crippen LogP contribution in [0.2, 0.25) is 0 Å². The Morgan fingerprint density at radius 1 is 1.11 bits per heavy atom. The highest BCUT2D eigenvalue weighted by molar-refractivity contribution is 5.39. The molecule has 0 aliphatic carbocycles. The normalized spacial score (nSPS) is 10.6. The van der Waals surface area contributed by atoms with Gasteiger partial charge in [0.2, 0.25) is 0 Å². The van der Waals surface area contributed by atoms with Crippen LogP contribution < -0.4 is 5.32 Å². The van der Waals surface area contributed by atoms with E-state index >= 15 is 0 Å². The lowest BCUT2D eigenvalue weighted by atomic mass is 10.1. The van der Waals surface area contributed by atoms with Gasteiger partial charge in [0.05, 0.1) is 4.92 Å². The van der Waals surface area contributed by atoms with E-state index in [1.54, 1.807) is 18.2 Å². The Morgan fingerprint density at radius 3 is 2.58 bits per heavy atom. The number of nitrogens with zero attached hydrogens (tertiary/aromatic N) is 1.